The highest BCUT2D eigenvalue weighted by molar-refractivity contribution is 5.50. The van der Waals surface area contributed by atoms with Gasteiger partial charge in [-0.15, -0.1) is 0 Å². The van der Waals surface area contributed by atoms with E-state index in [1.165, 1.54) is 4.68 Å². The van der Waals surface area contributed by atoms with Crippen molar-refractivity contribution in [2.45, 2.75) is 39.5 Å². The van der Waals surface area contributed by atoms with Gasteiger partial charge in [0.05, 0.1) is 5.69 Å². The Labute approximate surface area is 106 Å². The highest BCUT2D eigenvalue weighted by Gasteiger charge is 2.17. The molecule has 0 aliphatic heterocycles. The van der Waals surface area contributed by atoms with E-state index in [9.17, 15) is 4.79 Å². The first kappa shape index (κ1) is 12.5. The van der Waals surface area contributed by atoms with Crippen LogP contribution >= 0.6 is 0 Å². The standard InChI is InChI=1S/C13H18N4O/c1-8(2)10-6-5-7-11(9(3)4)12(10)17-13(18)14-15-16-17/h5-9H,1-4H3,(H,14,16,18). The number of hydrogen-bond donors (Lipinski definition) is 1. The van der Waals surface area contributed by atoms with Crippen molar-refractivity contribution >= 4 is 0 Å². The van der Waals surface area contributed by atoms with Crippen molar-refractivity contribution in [3.63, 3.8) is 0 Å². The summed E-state index contributed by atoms with van der Waals surface area (Å²) in [4.78, 5) is 11.8. The van der Waals surface area contributed by atoms with Crippen molar-refractivity contribution in [2.75, 3.05) is 0 Å². The first-order valence-corrected chi connectivity index (χ1v) is 6.16. The minimum atomic E-state index is -0.301. The molecule has 0 atom stereocenters. The molecule has 0 spiro atoms. The van der Waals surface area contributed by atoms with E-state index in [1.54, 1.807) is 0 Å². The lowest BCUT2D eigenvalue weighted by Crippen LogP contribution is -2.20. The fourth-order valence-corrected chi connectivity index (χ4v) is 2.10. The van der Waals surface area contributed by atoms with Gasteiger partial charge in [0.25, 0.3) is 0 Å². The molecule has 0 saturated heterocycles. The Morgan fingerprint density at radius 3 is 2.06 bits per heavy atom. The quantitative estimate of drug-likeness (QED) is 0.903. The second-order valence-corrected chi connectivity index (χ2v) is 5.01. The zero-order valence-corrected chi connectivity index (χ0v) is 11.1. The molecule has 96 valence electrons. The van der Waals surface area contributed by atoms with Crippen molar-refractivity contribution in [2.24, 2.45) is 0 Å². The van der Waals surface area contributed by atoms with Crippen molar-refractivity contribution < 1.29 is 0 Å². The van der Waals surface area contributed by atoms with Crippen molar-refractivity contribution in [3.05, 3.63) is 39.8 Å². The molecule has 2 aromatic rings. The van der Waals surface area contributed by atoms with Crippen LogP contribution in [0.25, 0.3) is 5.69 Å². The molecule has 0 bridgehead atoms. The van der Waals surface area contributed by atoms with Gasteiger partial charge in [0, 0.05) is 0 Å². The molecule has 0 aliphatic rings. The van der Waals surface area contributed by atoms with Gasteiger partial charge in [-0.25, -0.2) is 9.89 Å². The van der Waals surface area contributed by atoms with Crippen LogP contribution in [-0.2, 0) is 0 Å². The maximum atomic E-state index is 11.8. The van der Waals surface area contributed by atoms with Gasteiger partial charge in [-0.2, -0.15) is 4.68 Å². The molecule has 2 rings (SSSR count). The van der Waals surface area contributed by atoms with E-state index in [4.69, 9.17) is 0 Å². The summed E-state index contributed by atoms with van der Waals surface area (Å²) in [6.45, 7) is 8.42. The zero-order chi connectivity index (χ0) is 13.3. The van der Waals surface area contributed by atoms with E-state index in [-0.39, 0.29) is 5.69 Å². The zero-order valence-electron chi connectivity index (χ0n) is 11.1. The van der Waals surface area contributed by atoms with Gasteiger partial charge in [-0.05, 0) is 33.4 Å². The lowest BCUT2D eigenvalue weighted by atomic mass is 9.93. The molecule has 18 heavy (non-hydrogen) atoms. The molecule has 0 unspecified atom stereocenters. The number of hydrogen-bond acceptors (Lipinski definition) is 3. The summed E-state index contributed by atoms with van der Waals surface area (Å²) in [6.07, 6.45) is 0. The van der Waals surface area contributed by atoms with Crippen LogP contribution in [0.4, 0.5) is 0 Å². The summed E-state index contributed by atoms with van der Waals surface area (Å²) in [5, 5.41) is 9.79. The molecule has 1 heterocycles. The Bertz CT molecular complexity index is 569. The molecule has 5 nitrogen and oxygen atoms in total. The SMILES string of the molecule is CC(C)c1cccc(C(C)C)c1-n1nn[nH]c1=O. The number of nitrogens with one attached hydrogen (secondary N) is 1. The molecule has 0 aliphatic carbocycles. The summed E-state index contributed by atoms with van der Waals surface area (Å²) in [7, 11) is 0. The van der Waals surface area contributed by atoms with Gasteiger partial charge in [0.15, 0.2) is 0 Å². The third-order valence-corrected chi connectivity index (χ3v) is 3.03. The Morgan fingerprint density at radius 2 is 1.67 bits per heavy atom. The smallest absolute Gasteiger partial charge is 0.244 e. The molecule has 1 aromatic heterocycles. The monoisotopic (exact) mass is 246 g/mol. The summed E-state index contributed by atoms with van der Waals surface area (Å²) < 4.78 is 1.35. The highest BCUT2D eigenvalue weighted by atomic mass is 16.2. The molecule has 0 saturated carbocycles. The number of rotatable bonds is 3. The van der Waals surface area contributed by atoms with Crippen LogP contribution < -0.4 is 5.69 Å². The van der Waals surface area contributed by atoms with E-state index >= 15 is 0 Å². The average Bonchev–Trinajstić information content (AvgIpc) is 2.74. The van der Waals surface area contributed by atoms with Gasteiger partial charge >= 0.3 is 5.69 Å². The van der Waals surface area contributed by atoms with E-state index in [0.717, 1.165) is 16.8 Å². The molecule has 1 aromatic carbocycles. The largest absolute Gasteiger partial charge is 0.365 e. The molecule has 1 N–H and O–H groups in total. The van der Waals surface area contributed by atoms with Gasteiger partial charge in [0.2, 0.25) is 0 Å². The lowest BCUT2D eigenvalue weighted by Gasteiger charge is -2.17. The maximum Gasteiger partial charge on any atom is 0.365 e. The summed E-state index contributed by atoms with van der Waals surface area (Å²) in [6, 6.07) is 6.10. The van der Waals surface area contributed by atoms with Crippen LogP contribution in [0.1, 0.15) is 50.7 Å². The predicted octanol–water partition coefficient (Wildman–Crippen LogP) is 2.20. The Kier molecular flexibility index (Phi) is 3.32. The first-order chi connectivity index (χ1) is 8.52. The summed E-state index contributed by atoms with van der Waals surface area (Å²) in [5.74, 6) is 0.643. The van der Waals surface area contributed by atoms with Crippen LogP contribution in [0.5, 0.6) is 0 Å². The van der Waals surface area contributed by atoms with Gasteiger partial charge < -0.3 is 0 Å². The summed E-state index contributed by atoms with van der Waals surface area (Å²) >= 11 is 0. The number of para-hydroxylation sites is 1. The second kappa shape index (κ2) is 4.76. The number of tetrazole rings is 1. The number of aromatic amines is 1. The molecular weight excluding hydrogens is 228 g/mol. The number of benzene rings is 1. The Hall–Kier alpha value is -1.91. The second-order valence-electron chi connectivity index (χ2n) is 5.01. The van der Waals surface area contributed by atoms with Crippen LogP contribution in [-0.4, -0.2) is 20.2 Å². The predicted molar refractivity (Wildman–Crippen MR) is 70.2 cm³/mol. The highest BCUT2D eigenvalue weighted by Crippen LogP contribution is 2.29. The minimum Gasteiger partial charge on any atom is -0.244 e. The van der Waals surface area contributed by atoms with Crippen molar-refractivity contribution in [1.29, 1.82) is 0 Å². The first-order valence-electron chi connectivity index (χ1n) is 6.16. The minimum absolute atomic E-state index is 0.301. The Balaban J connectivity index is 2.77. The number of aromatic nitrogens is 4. The van der Waals surface area contributed by atoms with Crippen LogP contribution in [0.15, 0.2) is 23.0 Å². The lowest BCUT2D eigenvalue weighted by molar-refractivity contribution is 0.729. The number of H-pyrrole nitrogens is 1. The van der Waals surface area contributed by atoms with Crippen LogP contribution in [0.2, 0.25) is 0 Å². The van der Waals surface area contributed by atoms with Gasteiger partial charge in [-0.3, -0.25) is 0 Å². The topological polar surface area (TPSA) is 63.6 Å². The van der Waals surface area contributed by atoms with Crippen LogP contribution in [0.3, 0.4) is 0 Å². The third-order valence-electron chi connectivity index (χ3n) is 3.03. The molecular formula is C13H18N4O. The van der Waals surface area contributed by atoms with E-state index in [0.29, 0.717) is 11.8 Å². The fraction of sp³-hybridized carbons (Fsp3) is 0.462. The van der Waals surface area contributed by atoms with Crippen molar-refractivity contribution in [3.8, 4) is 5.69 Å². The van der Waals surface area contributed by atoms with Gasteiger partial charge in [-0.1, -0.05) is 45.9 Å². The maximum absolute atomic E-state index is 11.8. The third kappa shape index (κ3) is 2.08. The number of nitrogens with zero attached hydrogens (tertiary/aromatic N) is 3. The average molecular weight is 246 g/mol. The van der Waals surface area contributed by atoms with Crippen LogP contribution in [0, 0.1) is 0 Å². The normalized spacial score (nSPS) is 11.4. The molecule has 0 amide bonds. The van der Waals surface area contributed by atoms with E-state index in [2.05, 4.69) is 43.2 Å². The van der Waals surface area contributed by atoms with E-state index in [1.807, 2.05) is 18.2 Å². The van der Waals surface area contributed by atoms with E-state index < -0.39 is 0 Å². The van der Waals surface area contributed by atoms with Gasteiger partial charge in [0.1, 0.15) is 0 Å². The Morgan fingerprint density at radius 1 is 1.11 bits per heavy atom. The van der Waals surface area contributed by atoms with Crippen molar-refractivity contribution in [1.82, 2.24) is 20.2 Å². The molecule has 0 radical (unpaired) electrons. The fourth-order valence-electron chi connectivity index (χ4n) is 2.10. The molecule has 5 heteroatoms. The summed E-state index contributed by atoms with van der Waals surface area (Å²) in [5.41, 5.74) is 2.78. The molecule has 0 fully saturated rings.